The summed E-state index contributed by atoms with van der Waals surface area (Å²) in [6.07, 6.45) is 1.80. The number of benzene rings is 1. The Bertz CT molecular complexity index is 610. The van der Waals surface area contributed by atoms with Gasteiger partial charge in [-0.05, 0) is 18.1 Å². The molecule has 0 saturated heterocycles. The molecule has 0 radical (unpaired) electrons. The van der Waals surface area contributed by atoms with Gasteiger partial charge in [-0.15, -0.1) is 0 Å². The monoisotopic (exact) mass is 271 g/mol. The molecule has 0 aliphatic carbocycles. The number of amides is 1. The first-order valence-electron chi connectivity index (χ1n) is 6.70. The minimum absolute atomic E-state index is 0.143. The highest BCUT2D eigenvalue weighted by Crippen LogP contribution is 2.11. The third-order valence-corrected chi connectivity index (χ3v) is 3.50. The maximum absolute atomic E-state index is 12.1. The SMILES string of the molecule is Cc1ccccc1CNC(=O)c1cn2c(n1)COCC2. The van der Waals surface area contributed by atoms with Crippen LogP contribution < -0.4 is 5.32 Å². The second-order valence-electron chi connectivity index (χ2n) is 4.90. The number of nitrogens with zero attached hydrogens (tertiary/aromatic N) is 2. The second kappa shape index (κ2) is 5.46. The lowest BCUT2D eigenvalue weighted by molar-refractivity contribution is 0.0816. The number of carbonyl (C=O) groups excluding carboxylic acids is 1. The van der Waals surface area contributed by atoms with Crippen LogP contribution in [-0.2, 0) is 24.4 Å². The standard InChI is InChI=1S/C15H17N3O2/c1-11-4-2-3-5-12(11)8-16-15(19)13-9-18-6-7-20-10-14(18)17-13/h2-5,9H,6-8,10H2,1H3,(H,16,19). The van der Waals surface area contributed by atoms with Crippen LogP contribution in [0.1, 0.15) is 27.4 Å². The lowest BCUT2D eigenvalue weighted by Gasteiger charge is -2.13. The van der Waals surface area contributed by atoms with Gasteiger partial charge in [-0.1, -0.05) is 24.3 Å². The van der Waals surface area contributed by atoms with E-state index in [1.165, 1.54) is 5.56 Å². The van der Waals surface area contributed by atoms with Gasteiger partial charge in [0, 0.05) is 19.3 Å². The average molecular weight is 271 g/mol. The van der Waals surface area contributed by atoms with Crippen LogP contribution in [-0.4, -0.2) is 22.1 Å². The molecule has 0 bridgehead atoms. The summed E-state index contributed by atoms with van der Waals surface area (Å²) in [5, 5.41) is 2.91. The number of aryl methyl sites for hydroxylation is 1. The molecule has 2 aromatic rings. The molecule has 0 atom stereocenters. The highest BCUT2D eigenvalue weighted by molar-refractivity contribution is 5.92. The third kappa shape index (κ3) is 2.58. The minimum Gasteiger partial charge on any atom is -0.372 e. The topological polar surface area (TPSA) is 56.2 Å². The van der Waals surface area contributed by atoms with Crippen molar-refractivity contribution in [2.24, 2.45) is 0 Å². The van der Waals surface area contributed by atoms with Crippen LogP contribution in [0.2, 0.25) is 0 Å². The van der Waals surface area contributed by atoms with Crippen molar-refractivity contribution in [3.05, 3.63) is 53.1 Å². The average Bonchev–Trinajstić information content (AvgIpc) is 2.90. The molecule has 20 heavy (non-hydrogen) atoms. The fourth-order valence-electron chi connectivity index (χ4n) is 2.27. The first-order valence-corrected chi connectivity index (χ1v) is 6.70. The van der Waals surface area contributed by atoms with Gasteiger partial charge in [0.15, 0.2) is 0 Å². The fourth-order valence-corrected chi connectivity index (χ4v) is 2.27. The zero-order valence-electron chi connectivity index (χ0n) is 11.4. The Labute approximate surface area is 117 Å². The smallest absolute Gasteiger partial charge is 0.271 e. The number of hydrogen-bond acceptors (Lipinski definition) is 3. The van der Waals surface area contributed by atoms with E-state index in [0.29, 0.717) is 25.5 Å². The van der Waals surface area contributed by atoms with Crippen LogP contribution in [0.15, 0.2) is 30.5 Å². The number of rotatable bonds is 3. The molecule has 5 heteroatoms. The maximum atomic E-state index is 12.1. The number of fused-ring (bicyclic) bond motifs is 1. The summed E-state index contributed by atoms with van der Waals surface area (Å²) in [5.74, 6) is 0.674. The second-order valence-corrected chi connectivity index (χ2v) is 4.90. The van der Waals surface area contributed by atoms with Gasteiger partial charge in [-0.2, -0.15) is 0 Å². The van der Waals surface area contributed by atoms with Crippen LogP contribution in [0.4, 0.5) is 0 Å². The van der Waals surface area contributed by atoms with Gasteiger partial charge in [0.1, 0.15) is 18.1 Å². The normalized spacial score (nSPS) is 13.8. The van der Waals surface area contributed by atoms with E-state index in [2.05, 4.69) is 10.3 Å². The zero-order chi connectivity index (χ0) is 13.9. The first kappa shape index (κ1) is 12.9. The van der Waals surface area contributed by atoms with Crippen molar-refractivity contribution in [2.45, 2.75) is 26.6 Å². The molecule has 1 aliphatic heterocycles. The highest BCUT2D eigenvalue weighted by atomic mass is 16.5. The van der Waals surface area contributed by atoms with E-state index < -0.39 is 0 Å². The van der Waals surface area contributed by atoms with E-state index >= 15 is 0 Å². The Morgan fingerprint density at radius 1 is 1.45 bits per heavy atom. The van der Waals surface area contributed by atoms with Crippen molar-refractivity contribution in [2.75, 3.05) is 6.61 Å². The highest BCUT2D eigenvalue weighted by Gasteiger charge is 2.16. The summed E-state index contributed by atoms with van der Waals surface area (Å²) in [7, 11) is 0. The summed E-state index contributed by atoms with van der Waals surface area (Å²) in [5.41, 5.74) is 2.75. The van der Waals surface area contributed by atoms with Gasteiger partial charge in [0.05, 0.1) is 6.61 Å². The van der Waals surface area contributed by atoms with Crippen molar-refractivity contribution in [3.63, 3.8) is 0 Å². The molecule has 1 aliphatic rings. The van der Waals surface area contributed by atoms with E-state index in [1.54, 1.807) is 6.20 Å². The summed E-state index contributed by atoms with van der Waals surface area (Å²) >= 11 is 0. The quantitative estimate of drug-likeness (QED) is 0.923. The molecular formula is C15H17N3O2. The van der Waals surface area contributed by atoms with Gasteiger partial charge in [-0.3, -0.25) is 4.79 Å². The predicted octanol–water partition coefficient (Wildman–Crippen LogP) is 1.65. The molecule has 0 fully saturated rings. The summed E-state index contributed by atoms with van der Waals surface area (Å²) in [4.78, 5) is 16.4. The van der Waals surface area contributed by atoms with Crippen molar-refractivity contribution in [1.29, 1.82) is 0 Å². The largest absolute Gasteiger partial charge is 0.372 e. The van der Waals surface area contributed by atoms with Crippen molar-refractivity contribution < 1.29 is 9.53 Å². The number of imidazole rings is 1. The molecule has 1 aromatic heterocycles. The fraction of sp³-hybridized carbons (Fsp3) is 0.333. The summed E-state index contributed by atoms with van der Waals surface area (Å²) in [6, 6.07) is 8.01. The van der Waals surface area contributed by atoms with Crippen LogP contribution in [0, 0.1) is 6.92 Å². The first-order chi connectivity index (χ1) is 9.74. The number of aromatic nitrogens is 2. The van der Waals surface area contributed by atoms with Gasteiger partial charge >= 0.3 is 0 Å². The van der Waals surface area contributed by atoms with Crippen LogP contribution >= 0.6 is 0 Å². The lowest BCUT2D eigenvalue weighted by atomic mass is 10.1. The number of nitrogens with one attached hydrogen (secondary N) is 1. The van der Waals surface area contributed by atoms with Gasteiger partial charge in [0.25, 0.3) is 5.91 Å². The zero-order valence-corrected chi connectivity index (χ0v) is 11.4. The Morgan fingerprint density at radius 2 is 2.30 bits per heavy atom. The summed E-state index contributed by atoms with van der Waals surface area (Å²) < 4.78 is 7.30. The molecule has 1 aromatic carbocycles. The maximum Gasteiger partial charge on any atom is 0.271 e. The Balaban J connectivity index is 1.67. The summed E-state index contributed by atoms with van der Waals surface area (Å²) in [6.45, 7) is 4.46. The molecule has 104 valence electrons. The molecule has 0 saturated carbocycles. The van der Waals surface area contributed by atoms with Crippen LogP contribution in [0.3, 0.4) is 0 Å². The minimum atomic E-state index is -0.143. The third-order valence-electron chi connectivity index (χ3n) is 3.50. The molecule has 0 spiro atoms. The predicted molar refractivity (Wildman–Crippen MR) is 74.2 cm³/mol. The number of hydrogen-bond donors (Lipinski definition) is 1. The Hall–Kier alpha value is -2.14. The van der Waals surface area contributed by atoms with E-state index in [4.69, 9.17) is 4.74 Å². The van der Waals surface area contributed by atoms with E-state index in [0.717, 1.165) is 17.9 Å². The van der Waals surface area contributed by atoms with Gasteiger partial charge in [-0.25, -0.2) is 4.98 Å². The van der Waals surface area contributed by atoms with E-state index in [9.17, 15) is 4.79 Å². The molecule has 2 heterocycles. The Morgan fingerprint density at radius 3 is 3.10 bits per heavy atom. The van der Waals surface area contributed by atoms with Crippen molar-refractivity contribution in [3.8, 4) is 0 Å². The van der Waals surface area contributed by atoms with Crippen LogP contribution in [0.5, 0.6) is 0 Å². The van der Waals surface area contributed by atoms with Crippen LogP contribution in [0.25, 0.3) is 0 Å². The molecule has 5 nitrogen and oxygen atoms in total. The lowest BCUT2D eigenvalue weighted by Crippen LogP contribution is -2.23. The van der Waals surface area contributed by atoms with E-state index in [-0.39, 0.29) is 5.91 Å². The number of ether oxygens (including phenoxy) is 1. The van der Waals surface area contributed by atoms with Crippen molar-refractivity contribution >= 4 is 5.91 Å². The molecule has 1 N–H and O–H groups in total. The Kier molecular flexibility index (Phi) is 3.52. The molecule has 1 amide bonds. The van der Waals surface area contributed by atoms with Crippen molar-refractivity contribution in [1.82, 2.24) is 14.9 Å². The molecule has 0 unspecified atom stereocenters. The number of carbonyl (C=O) groups is 1. The van der Waals surface area contributed by atoms with Gasteiger partial charge < -0.3 is 14.6 Å². The van der Waals surface area contributed by atoms with E-state index in [1.807, 2.05) is 35.8 Å². The van der Waals surface area contributed by atoms with Gasteiger partial charge in [0.2, 0.25) is 0 Å². The molecular weight excluding hydrogens is 254 g/mol. The molecule has 3 rings (SSSR count).